The predicted octanol–water partition coefficient (Wildman–Crippen LogP) is 4.66. The third kappa shape index (κ3) is 5.39. The standard InChI is InChI=1S/C18H25ClN4O2/c1-11(2)6-7-20-17-8-12(3)21-18(23-17)22-14-10-15(24-4)13(19)9-16(14)25-5/h8-11H,6-7H2,1-5H3,(H2,20,21,22,23). The molecule has 0 radical (unpaired) electrons. The van der Waals surface area contributed by atoms with Gasteiger partial charge < -0.3 is 20.1 Å². The zero-order valence-electron chi connectivity index (χ0n) is 15.3. The van der Waals surface area contributed by atoms with Gasteiger partial charge in [-0.05, 0) is 19.3 Å². The van der Waals surface area contributed by atoms with E-state index in [2.05, 4.69) is 34.4 Å². The molecule has 0 spiro atoms. The SMILES string of the molecule is COc1cc(Nc2nc(C)cc(NCCC(C)C)n2)c(OC)cc1Cl. The second kappa shape index (κ2) is 8.76. The molecule has 7 heteroatoms. The highest BCUT2D eigenvalue weighted by atomic mass is 35.5. The van der Waals surface area contributed by atoms with E-state index in [9.17, 15) is 0 Å². The fourth-order valence-corrected chi connectivity index (χ4v) is 2.51. The third-order valence-electron chi connectivity index (χ3n) is 3.60. The maximum Gasteiger partial charge on any atom is 0.229 e. The Bertz CT molecular complexity index is 722. The average molecular weight is 365 g/mol. The predicted molar refractivity (Wildman–Crippen MR) is 103 cm³/mol. The Morgan fingerprint density at radius 1 is 1.08 bits per heavy atom. The minimum absolute atomic E-state index is 0.478. The average Bonchev–Trinajstić information content (AvgIpc) is 2.55. The van der Waals surface area contributed by atoms with E-state index in [1.165, 1.54) is 0 Å². The number of aryl methyl sites for hydroxylation is 1. The fraction of sp³-hybridized carbons (Fsp3) is 0.444. The number of halogens is 1. The van der Waals surface area contributed by atoms with Crippen molar-refractivity contribution in [2.45, 2.75) is 27.2 Å². The lowest BCUT2D eigenvalue weighted by Gasteiger charge is -2.14. The van der Waals surface area contributed by atoms with Crippen LogP contribution in [0, 0.1) is 12.8 Å². The molecule has 0 aliphatic rings. The Morgan fingerprint density at radius 3 is 2.44 bits per heavy atom. The molecule has 0 saturated heterocycles. The molecule has 1 heterocycles. The van der Waals surface area contributed by atoms with Crippen molar-refractivity contribution in [2.75, 3.05) is 31.4 Å². The van der Waals surface area contributed by atoms with E-state index in [0.29, 0.717) is 34.1 Å². The number of nitrogens with one attached hydrogen (secondary N) is 2. The van der Waals surface area contributed by atoms with Gasteiger partial charge in [0.15, 0.2) is 0 Å². The van der Waals surface area contributed by atoms with Crippen LogP contribution in [0.25, 0.3) is 0 Å². The van der Waals surface area contributed by atoms with Gasteiger partial charge >= 0.3 is 0 Å². The molecule has 0 saturated carbocycles. The van der Waals surface area contributed by atoms with E-state index < -0.39 is 0 Å². The van der Waals surface area contributed by atoms with Crippen LogP contribution in [-0.4, -0.2) is 30.7 Å². The number of rotatable bonds is 8. The number of methoxy groups -OCH3 is 2. The van der Waals surface area contributed by atoms with Crippen molar-refractivity contribution in [1.82, 2.24) is 9.97 Å². The van der Waals surface area contributed by atoms with Gasteiger partial charge in [-0.1, -0.05) is 25.4 Å². The number of hydrogen-bond donors (Lipinski definition) is 2. The molecule has 0 bridgehead atoms. The molecular formula is C18H25ClN4O2. The van der Waals surface area contributed by atoms with Gasteiger partial charge in [0.05, 0.1) is 24.9 Å². The van der Waals surface area contributed by atoms with Crippen molar-refractivity contribution in [3.8, 4) is 11.5 Å². The second-order valence-electron chi connectivity index (χ2n) is 6.14. The normalized spacial score (nSPS) is 10.7. The summed E-state index contributed by atoms with van der Waals surface area (Å²) >= 11 is 6.14. The fourth-order valence-electron chi connectivity index (χ4n) is 2.28. The molecule has 0 unspecified atom stereocenters. The minimum Gasteiger partial charge on any atom is -0.495 e. The van der Waals surface area contributed by atoms with Crippen LogP contribution in [0.3, 0.4) is 0 Å². The van der Waals surface area contributed by atoms with E-state index in [0.717, 1.165) is 24.5 Å². The smallest absolute Gasteiger partial charge is 0.229 e. The van der Waals surface area contributed by atoms with Crippen LogP contribution >= 0.6 is 11.6 Å². The lowest BCUT2D eigenvalue weighted by molar-refractivity contribution is 0.405. The molecule has 1 aromatic carbocycles. The Balaban J connectivity index is 2.23. The third-order valence-corrected chi connectivity index (χ3v) is 3.90. The highest BCUT2D eigenvalue weighted by Gasteiger charge is 2.12. The van der Waals surface area contributed by atoms with Crippen LogP contribution in [0.15, 0.2) is 18.2 Å². The van der Waals surface area contributed by atoms with Crippen LogP contribution in [0.5, 0.6) is 11.5 Å². The van der Waals surface area contributed by atoms with Gasteiger partial charge in [0.25, 0.3) is 0 Å². The summed E-state index contributed by atoms with van der Waals surface area (Å²) in [4.78, 5) is 8.95. The number of nitrogens with zero attached hydrogens (tertiary/aromatic N) is 2. The molecule has 1 aromatic heterocycles. The first-order valence-corrected chi connectivity index (χ1v) is 8.58. The maximum atomic E-state index is 6.14. The van der Waals surface area contributed by atoms with E-state index in [4.69, 9.17) is 21.1 Å². The molecular weight excluding hydrogens is 340 g/mol. The van der Waals surface area contributed by atoms with Crippen molar-refractivity contribution in [3.63, 3.8) is 0 Å². The van der Waals surface area contributed by atoms with Gasteiger partial charge in [0.2, 0.25) is 5.95 Å². The number of aromatic nitrogens is 2. The number of benzene rings is 1. The second-order valence-corrected chi connectivity index (χ2v) is 6.55. The molecule has 25 heavy (non-hydrogen) atoms. The monoisotopic (exact) mass is 364 g/mol. The van der Waals surface area contributed by atoms with Gasteiger partial charge in [-0.2, -0.15) is 4.98 Å². The van der Waals surface area contributed by atoms with Crippen molar-refractivity contribution < 1.29 is 9.47 Å². The Labute approximate surface area is 153 Å². The van der Waals surface area contributed by atoms with Crippen LogP contribution in [-0.2, 0) is 0 Å². The summed E-state index contributed by atoms with van der Waals surface area (Å²) in [7, 11) is 3.15. The largest absolute Gasteiger partial charge is 0.495 e. The van der Waals surface area contributed by atoms with Crippen molar-refractivity contribution >= 4 is 29.1 Å². The Morgan fingerprint density at radius 2 is 1.80 bits per heavy atom. The summed E-state index contributed by atoms with van der Waals surface area (Å²) in [5.74, 6) is 3.04. The summed E-state index contributed by atoms with van der Waals surface area (Å²) in [6.07, 6.45) is 1.08. The van der Waals surface area contributed by atoms with E-state index >= 15 is 0 Å². The van der Waals surface area contributed by atoms with Gasteiger partial charge in [0, 0.05) is 30.4 Å². The van der Waals surface area contributed by atoms with E-state index in [-0.39, 0.29) is 0 Å². The number of ether oxygens (including phenoxy) is 2. The van der Waals surface area contributed by atoms with Gasteiger partial charge in [0.1, 0.15) is 17.3 Å². The maximum absolute atomic E-state index is 6.14. The summed E-state index contributed by atoms with van der Waals surface area (Å²) < 4.78 is 10.6. The van der Waals surface area contributed by atoms with E-state index in [1.807, 2.05) is 13.0 Å². The summed E-state index contributed by atoms with van der Waals surface area (Å²) in [5, 5.41) is 6.99. The molecule has 6 nitrogen and oxygen atoms in total. The highest BCUT2D eigenvalue weighted by molar-refractivity contribution is 6.32. The molecule has 136 valence electrons. The van der Waals surface area contributed by atoms with Crippen molar-refractivity contribution in [2.24, 2.45) is 5.92 Å². The highest BCUT2D eigenvalue weighted by Crippen LogP contribution is 2.36. The lowest BCUT2D eigenvalue weighted by Crippen LogP contribution is -2.08. The van der Waals surface area contributed by atoms with Crippen LogP contribution in [0.2, 0.25) is 5.02 Å². The molecule has 2 aromatic rings. The van der Waals surface area contributed by atoms with Crippen LogP contribution in [0.4, 0.5) is 17.5 Å². The van der Waals surface area contributed by atoms with Crippen molar-refractivity contribution in [1.29, 1.82) is 0 Å². The molecule has 2 rings (SSSR count). The van der Waals surface area contributed by atoms with Crippen LogP contribution in [0.1, 0.15) is 26.0 Å². The first-order chi connectivity index (χ1) is 11.9. The topological polar surface area (TPSA) is 68.3 Å². The first kappa shape index (κ1) is 19.1. The Kier molecular flexibility index (Phi) is 6.70. The zero-order valence-corrected chi connectivity index (χ0v) is 16.1. The lowest BCUT2D eigenvalue weighted by atomic mass is 10.1. The van der Waals surface area contributed by atoms with Crippen LogP contribution < -0.4 is 20.1 Å². The van der Waals surface area contributed by atoms with Crippen molar-refractivity contribution in [3.05, 3.63) is 28.9 Å². The molecule has 2 N–H and O–H groups in total. The molecule has 0 aliphatic carbocycles. The number of hydrogen-bond acceptors (Lipinski definition) is 6. The molecule has 0 amide bonds. The zero-order chi connectivity index (χ0) is 18.4. The quantitative estimate of drug-likeness (QED) is 0.710. The molecule has 0 aliphatic heterocycles. The van der Waals surface area contributed by atoms with Gasteiger partial charge in [-0.3, -0.25) is 0 Å². The summed E-state index contributed by atoms with van der Waals surface area (Å²) in [5.41, 5.74) is 1.55. The van der Waals surface area contributed by atoms with Gasteiger partial charge in [-0.15, -0.1) is 0 Å². The van der Waals surface area contributed by atoms with Gasteiger partial charge in [-0.25, -0.2) is 4.98 Å². The summed E-state index contributed by atoms with van der Waals surface area (Å²) in [6, 6.07) is 5.38. The summed E-state index contributed by atoms with van der Waals surface area (Å²) in [6.45, 7) is 7.19. The minimum atomic E-state index is 0.478. The Hall–Kier alpha value is -2.21. The number of anilines is 3. The van der Waals surface area contributed by atoms with E-state index in [1.54, 1.807) is 26.4 Å². The molecule has 0 atom stereocenters. The first-order valence-electron chi connectivity index (χ1n) is 8.21. The molecule has 0 fully saturated rings.